The summed E-state index contributed by atoms with van der Waals surface area (Å²) in [6, 6.07) is 3.85. The van der Waals surface area contributed by atoms with E-state index in [1.807, 2.05) is 29.3 Å². The van der Waals surface area contributed by atoms with E-state index in [9.17, 15) is 4.79 Å². The van der Waals surface area contributed by atoms with Gasteiger partial charge in [-0.1, -0.05) is 0 Å². The molecular formula is C17H15N5OS. The van der Waals surface area contributed by atoms with Crippen molar-refractivity contribution in [1.82, 2.24) is 24.8 Å². The maximum absolute atomic E-state index is 12.7. The van der Waals surface area contributed by atoms with E-state index in [0.717, 1.165) is 33.9 Å². The fraction of sp³-hybridized carbons (Fsp3) is 0.235. The molecule has 0 aliphatic carbocycles. The summed E-state index contributed by atoms with van der Waals surface area (Å²) in [6.45, 7) is 3.04. The Morgan fingerprint density at radius 2 is 2.25 bits per heavy atom. The van der Waals surface area contributed by atoms with Crippen molar-refractivity contribution >= 4 is 17.2 Å². The first kappa shape index (κ1) is 14.9. The first-order valence-electron chi connectivity index (χ1n) is 7.67. The van der Waals surface area contributed by atoms with Gasteiger partial charge in [0.15, 0.2) is 0 Å². The molecule has 0 atom stereocenters. The van der Waals surface area contributed by atoms with Crippen molar-refractivity contribution in [3.63, 3.8) is 0 Å². The number of nitrogens with zero attached hydrogens (tertiary/aromatic N) is 5. The summed E-state index contributed by atoms with van der Waals surface area (Å²) in [5, 5.41) is 2.71. The smallest absolute Gasteiger partial charge is 0.273 e. The van der Waals surface area contributed by atoms with E-state index in [-0.39, 0.29) is 5.91 Å². The highest BCUT2D eigenvalue weighted by Crippen LogP contribution is 2.27. The Bertz CT molecular complexity index is 893. The van der Waals surface area contributed by atoms with Crippen LogP contribution < -0.4 is 0 Å². The average molecular weight is 337 g/mol. The number of thiazole rings is 1. The minimum Gasteiger partial charge on any atom is -0.332 e. The molecule has 7 heteroatoms. The molecule has 0 saturated heterocycles. The highest BCUT2D eigenvalue weighted by atomic mass is 32.1. The van der Waals surface area contributed by atoms with Crippen LogP contribution in [0.3, 0.4) is 0 Å². The zero-order valence-electron chi connectivity index (χ0n) is 13.1. The topological polar surface area (TPSA) is 71.9 Å². The van der Waals surface area contributed by atoms with Crippen LogP contribution in [0.2, 0.25) is 0 Å². The van der Waals surface area contributed by atoms with Crippen molar-refractivity contribution in [1.29, 1.82) is 0 Å². The molecule has 120 valence electrons. The van der Waals surface area contributed by atoms with Crippen molar-refractivity contribution < 1.29 is 4.79 Å². The fourth-order valence-corrected chi connectivity index (χ4v) is 3.48. The third kappa shape index (κ3) is 2.67. The normalized spacial score (nSPS) is 13.6. The van der Waals surface area contributed by atoms with E-state index < -0.39 is 0 Å². The molecule has 1 amide bonds. The molecule has 3 aromatic heterocycles. The Kier molecular flexibility index (Phi) is 3.78. The maximum atomic E-state index is 12.7. The van der Waals surface area contributed by atoms with Crippen LogP contribution in [0.15, 0.2) is 36.2 Å². The summed E-state index contributed by atoms with van der Waals surface area (Å²) >= 11 is 1.49. The van der Waals surface area contributed by atoms with E-state index in [0.29, 0.717) is 18.8 Å². The van der Waals surface area contributed by atoms with Gasteiger partial charge in [0.1, 0.15) is 12.0 Å². The number of hydrogen-bond acceptors (Lipinski definition) is 6. The Balaban J connectivity index is 1.68. The van der Waals surface area contributed by atoms with Gasteiger partial charge >= 0.3 is 0 Å². The summed E-state index contributed by atoms with van der Waals surface area (Å²) in [7, 11) is 0. The molecule has 0 saturated carbocycles. The van der Waals surface area contributed by atoms with Crippen molar-refractivity contribution in [3.8, 4) is 11.3 Å². The van der Waals surface area contributed by atoms with E-state index in [2.05, 4.69) is 19.9 Å². The summed E-state index contributed by atoms with van der Waals surface area (Å²) in [5.74, 6) is -0.0361. The maximum Gasteiger partial charge on any atom is 0.273 e. The van der Waals surface area contributed by atoms with Crippen LogP contribution in [0.25, 0.3) is 11.3 Å². The highest BCUT2D eigenvalue weighted by Gasteiger charge is 2.26. The second kappa shape index (κ2) is 6.09. The fourth-order valence-electron chi connectivity index (χ4n) is 2.89. The molecule has 0 fully saturated rings. The van der Waals surface area contributed by atoms with Gasteiger partial charge in [0.05, 0.1) is 16.4 Å². The van der Waals surface area contributed by atoms with Gasteiger partial charge in [-0.05, 0) is 19.1 Å². The van der Waals surface area contributed by atoms with Gasteiger partial charge in [0.2, 0.25) is 0 Å². The lowest BCUT2D eigenvalue weighted by Gasteiger charge is -2.28. The van der Waals surface area contributed by atoms with Crippen LogP contribution >= 0.6 is 11.3 Å². The Hall–Kier alpha value is -2.67. The zero-order chi connectivity index (χ0) is 16.5. The van der Waals surface area contributed by atoms with Gasteiger partial charge in [0, 0.05) is 48.4 Å². The second-order valence-electron chi connectivity index (χ2n) is 5.62. The van der Waals surface area contributed by atoms with Crippen LogP contribution in [0.4, 0.5) is 0 Å². The number of aryl methyl sites for hydroxylation is 1. The number of pyridine rings is 1. The van der Waals surface area contributed by atoms with E-state index in [4.69, 9.17) is 0 Å². The number of hydrogen-bond donors (Lipinski definition) is 0. The minimum atomic E-state index is -0.0361. The monoisotopic (exact) mass is 337 g/mol. The summed E-state index contributed by atoms with van der Waals surface area (Å²) in [6.07, 6.45) is 5.83. The zero-order valence-corrected chi connectivity index (χ0v) is 14.0. The molecule has 24 heavy (non-hydrogen) atoms. The molecule has 3 aromatic rings. The Morgan fingerprint density at radius 1 is 1.33 bits per heavy atom. The van der Waals surface area contributed by atoms with Crippen LogP contribution in [0.1, 0.15) is 26.8 Å². The molecule has 1 aliphatic heterocycles. The number of carbonyl (C=O) groups is 1. The lowest BCUT2D eigenvalue weighted by Crippen LogP contribution is -2.37. The number of amides is 1. The average Bonchev–Trinajstić information content (AvgIpc) is 3.07. The largest absolute Gasteiger partial charge is 0.332 e. The predicted octanol–water partition coefficient (Wildman–Crippen LogP) is 2.50. The highest BCUT2D eigenvalue weighted by molar-refractivity contribution is 7.09. The van der Waals surface area contributed by atoms with Gasteiger partial charge < -0.3 is 4.90 Å². The third-order valence-corrected chi connectivity index (χ3v) is 4.84. The van der Waals surface area contributed by atoms with Crippen molar-refractivity contribution in [2.75, 3.05) is 6.54 Å². The molecule has 0 radical (unpaired) electrons. The minimum absolute atomic E-state index is 0.0361. The first-order chi connectivity index (χ1) is 11.7. The molecular weight excluding hydrogens is 322 g/mol. The molecule has 4 heterocycles. The molecule has 4 rings (SSSR count). The standard InChI is InChI=1S/C17H15N5OS/c1-11-21-15(9-24-11)17(23)22-6-4-14-13(8-22)16(20-10-19-14)12-3-2-5-18-7-12/h2-3,5,7,9-10H,4,6,8H2,1H3. The molecule has 0 unspecified atom stereocenters. The van der Waals surface area contributed by atoms with Gasteiger partial charge in [-0.3, -0.25) is 9.78 Å². The van der Waals surface area contributed by atoms with E-state index >= 15 is 0 Å². The summed E-state index contributed by atoms with van der Waals surface area (Å²) < 4.78 is 0. The number of aromatic nitrogens is 4. The van der Waals surface area contributed by atoms with Gasteiger partial charge in [-0.2, -0.15) is 0 Å². The van der Waals surface area contributed by atoms with Crippen molar-refractivity contribution in [3.05, 3.63) is 58.2 Å². The van der Waals surface area contributed by atoms with Crippen molar-refractivity contribution in [2.45, 2.75) is 19.9 Å². The molecule has 0 bridgehead atoms. The van der Waals surface area contributed by atoms with Crippen LogP contribution in [0.5, 0.6) is 0 Å². The summed E-state index contributed by atoms with van der Waals surface area (Å²) in [5.41, 5.74) is 4.30. The quantitative estimate of drug-likeness (QED) is 0.718. The third-order valence-electron chi connectivity index (χ3n) is 4.06. The van der Waals surface area contributed by atoms with E-state index in [1.54, 1.807) is 18.7 Å². The molecule has 6 nitrogen and oxygen atoms in total. The van der Waals surface area contributed by atoms with Crippen LogP contribution in [-0.4, -0.2) is 37.3 Å². The van der Waals surface area contributed by atoms with Gasteiger partial charge in [0.25, 0.3) is 5.91 Å². The molecule has 0 N–H and O–H groups in total. The lowest BCUT2D eigenvalue weighted by molar-refractivity contribution is 0.0728. The Labute approximate surface area is 143 Å². The van der Waals surface area contributed by atoms with Gasteiger partial charge in [-0.15, -0.1) is 11.3 Å². The lowest BCUT2D eigenvalue weighted by atomic mass is 10.00. The number of carbonyl (C=O) groups excluding carboxylic acids is 1. The Morgan fingerprint density at radius 3 is 3.00 bits per heavy atom. The van der Waals surface area contributed by atoms with Crippen LogP contribution in [-0.2, 0) is 13.0 Å². The van der Waals surface area contributed by atoms with Crippen molar-refractivity contribution in [2.24, 2.45) is 0 Å². The SMILES string of the molecule is Cc1nc(C(=O)N2CCc3ncnc(-c4cccnc4)c3C2)cs1. The molecule has 0 spiro atoms. The second-order valence-corrected chi connectivity index (χ2v) is 6.68. The number of rotatable bonds is 2. The molecule has 1 aliphatic rings. The first-order valence-corrected chi connectivity index (χ1v) is 8.55. The predicted molar refractivity (Wildman–Crippen MR) is 90.6 cm³/mol. The molecule has 0 aromatic carbocycles. The van der Waals surface area contributed by atoms with E-state index in [1.165, 1.54) is 11.3 Å². The summed E-state index contributed by atoms with van der Waals surface area (Å²) in [4.78, 5) is 31.8. The van der Waals surface area contributed by atoms with Crippen LogP contribution in [0, 0.1) is 6.92 Å². The van der Waals surface area contributed by atoms with Gasteiger partial charge in [-0.25, -0.2) is 15.0 Å². The number of fused-ring (bicyclic) bond motifs is 1.